The molecule has 6 heteroatoms. The number of aromatic nitrogens is 6. The van der Waals surface area contributed by atoms with Crippen LogP contribution in [0.4, 0.5) is 0 Å². The first kappa shape index (κ1) is 9.82. The predicted octanol–water partition coefficient (Wildman–Crippen LogP) is 1.14. The molecule has 0 unspecified atom stereocenters. The summed E-state index contributed by atoms with van der Waals surface area (Å²) in [7, 11) is 0. The van der Waals surface area contributed by atoms with Gasteiger partial charge in [-0.05, 0) is 26.0 Å². The van der Waals surface area contributed by atoms with Crippen molar-refractivity contribution < 1.29 is 0 Å². The van der Waals surface area contributed by atoms with Crippen LogP contribution in [0.3, 0.4) is 0 Å². The van der Waals surface area contributed by atoms with Crippen LogP contribution >= 0.6 is 0 Å². The zero-order chi connectivity index (χ0) is 10.8. The number of hydrogen-bond acceptors (Lipinski definition) is 4. The van der Waals surface area contributed by atoms with Crippen molar-refractivity contribution in [3.63, 3.8) is 0 Å². The van der Waals surface area contributed by atoms with E-state index in [2.05, 4.69) is 20.5 Å². The maximum Gasteiger partial charge on any atom is 0.208 e. The molecule has 0 aromatic carbocycles. The van der Waals surface area contributed by atoms with Crippen molar-refractivity contribution in [2.45, 2.75) is 33.4 Å². The normalized spacial score (nSPS) is 11.2. The van der Waals surface area contributed by atoms with Crippen molar-refractivity contribution in [1.29, 1.82) is 0 Å². The van der Waals surface area contributed by atoms with Crippen LogP contribution in [0, 0.1) is 0 Å². The fourth-order valence-corrected chi connectivity index (χ4v) is 1.21. The molecule has 15 heavy (non-hydrogen) atoms. The van der Waals surface area contributed by atoms with Crippen molar-refractivity contribution in [1.82, 2.24) is 30.0 Å². The highest BCUT2D eigenvalue weighted by Gasteiger charge is 2.09. The third kappa shape index (κ3) is 1.88. The maximum atomic E-state index is 4.27. The van der Waals surface area contributed by atoms with E-state index in [0.29, 0.717) is 5.82 Å². The van der Waals surface area contributed by atoms with Crippen molar-refractivity contribution in [2.24, 2.45) is 0 Å². The van der Waals surface area contributed by atoms with E-state index < -0.39 is 0 Å². The lowest BCUT2D eigenvalue weighted by Crippen LogP contribution is -2.04. The second-order valence-corrected chi connectivity index (χ2v) is 3.61. The number of aryl methyl sites for hydroxylation is 1. The molecule has 0 radical (unpaired) electrons. The molecule has 2 heterocycles. The molecule has 0 spiro atoms. The topological polar surface area (TPSA) is 61.4 Å². The molecule has 0 aliphatic rings. The van der Waals surface area contributed by atoms with Gasteiger partial charge < -0.3 is 0 Å². The fourth-order valence-electron chi connectivity index (χ4n) is 1.21. The molecule has 0 amide bonds. The number of hydrogen-bond donors (Lipinski definition) is 0. The van der Waals surface area contributed by atoms with Crippen LogP contribution < -0.4 is 0 Å². The molecule has 0 aliphatic heterocycles. The lowest BCUT2D eigenvalue weighted by Gasteiger charge is -1.98. The number of tetrazole rings is 1. The summed E-state index contributed by atoms with van der Waals surface area (Å²) in [6.07, 6.45) is 3.67. The van der Waals surface area contributed by atoms with E-state index in [0.717, 1.165) is 12.1 Å². The molecule has 0 fully saturated rings. The summed E-state index contributed by atoms with van der Waals surface area (Å²) < 4.78 is 1.84. The molecule has 0 saturated carbocycles. The highest BCUT2D eigenvalue weighted by molar-refractivity contribution is 5.50. The first-order chi connectivity index (χ1) is 7.20. The van der Waals surface area contributed by atoms with E-state index in [1.165, 1.54) is 0 Å². The van der Waals surface area contributed by atoms with Crippen LogP contribution in [0.5, 0.6) is 0 Å². The molecule has 6 nitrogen and oxygen atoms in total. The van der Waals surface area contributed by atoms with E-state index in [-0.39, 0.29) is 6.04 Å². The van der Waals surface area contributed by atoms with Gasteiger partial charge in [-0.25, -0.2) is 0 Å². The van der Waals surface area contributed by atoms with Gasteiger partial charge in [-0.1, -0.05) is 0 Å². The highest BCUT2D eigenvalue weighted by atomic mass is 15.6. The average molecular weight is 206 g/mol. The third-order valence-electron chi connectivity index (χ3n) is 2.11. The Morgan fingerprint density at radius 3 is 2.73 bits per heavy atom. The second-order valence-electron chi connectivity index (χ2n) is 3.61. The minimum Gasteiger partial charge on any atom is -0.272 e. The molecule has 0 bridgehead atoms. The molecule has 0 N–H and O–H groups in total. The van der Waals surface area contributed by atoms with Gasteiger partial charge in [-0.2, -0.15) is 9.90 Å². The van der Waals surface area contributed by atoms with Crippen LogP contribution in [0.2, 0.25) is 0 Å². The molecule has 2 aromatic heterocycles. The Kier molecular flexibility index (Phi) is 2.49. The Hall–Kier alpha value is -1.72. The minimum absolute atomic E-state index is 0.229. The largest absolute Gasteiger partial charge is 0.272 e. The van der Waals surface area contributed by atoms with Crippen molar-refractivity contribution >= 4 is 0 Å². The second kappa shape index (κ2) is 3.80. The SMILES string of the molecule is CCn1cc(-c2nnn(C(C)C)n2)cn1. The lowest BCUT2D eigenvalue weighted by atomic mass is 10.3. The summed E-state index contributed by atoms with van der Waals surface area (Å²) >= 11 is 0. The van der Waals surface area contributed by atoms with E-state index in [1.807, 2.05) is 31.6 Å². The van der Waals surface area contributed by atoms with E-state index in [1.54, 1.807) is 11.0 Å². The standard InChI is InChI=1S/C9H14N6/c1-4-14-6-8(5-10-14)9-11-13-15(12-9)7(2)3/h5-7H,4H2,1-3H3. The molecule has 0 aliphatic carbocycles. The van der Waals surface area contributed by atoms with E-state index in [9.17, 15) is 0 Å². The first-order valence-corrected chi connectivity index (χ1v) is 5.03. The van der Waals surface area contributed by atoms with Gasteiger partial charge in [0.05, 0.1) is 17.8 Å². The summed E-state index contributed by atoms with van der Waals surface area (Å²) in [5.41, 5.74) is 0.906. The summed E-state index contributed by atoms with van der Waals surface area (Å²) in [6.45, 7) is 6.91. The third-order valence-corrected chi connectivity index (χ3v) is 2.11. The highest BCUT2D eigenvalue weighted by Crippen LogP contribution is 2.12. The molecule has 0 saturated heterocycles. The smallest absolute Gasteiger partial charge is 0.208 e. The maximum absolute atomic E-state index is 4.27. The van der Waals surface area contributed by atoms with E-state index in [4.69, 9.17) is 0 Å². The van der Waals surface area contributed by atoms with Gasteiger partial charge >= 0.3 is 0 Å². The Morgan fingerprint density at radius 1 is 1.40 bits per heavy atom. The Morgan fingerprint density at radius 2 is 2.20 bits per heavy atom. The molecule has 2 rings (SSSR count). The quantitative estimate of drug-likeness (QED) is 0.755. The molecule has 2 aromatic rings. The Labute approximate surface area is 87.9 Å². The first-order valence-electron chi connectivity index (χ1n) is 5.03. The van der Waals surface area contributed by atoms with Crippen molar-refractivity contribution in [3.8, 4) is 11.4 Å². The van der Waals surface area contributed by atoms with Crippen LogP contribution in [0.25, 0.3) is 11.4 Å². The molecular weight excluding hydrogens is 192 g/mol. The van der Waals surface area contributed by atoms with Gasteiger partial charge in [0, 0.05) is 12.7 Å². The van der Waals surface area contributed by atoms with Crippen LogP contribution in [-0.2, 0) is 6.54 Å². The fraction of sp³-hybridized carbons (Fsp3) is 0.556. The summed E-state index contributed by atoms with van der Waals surface area (Å²) in [5.74, 6) is 0.628. The van der Waals surface area contributed by atoms with Gasteiger partial charge in [0.15, 0.2) is 0 Å². The zero-order valence-electron chi connectivity index (χ0n) is 9.12. The number of nitrogens with zero attached hydrogens (tertiary/aromatic N) is 6. The number of rotatable bonds is 3. The van der Waals surface area contributed by atoms with Gasteiger partial charge in [-0.15, -0.1) is 10.2 Å². The predicted molar refractivity (Wildman–Crippen MR) is 55.1 cm³/mol. The van der Waals surface area contributed by atoms with Gasteiger partial charge in [0.25, 0.3) is 0 Å². The van der Waals surface area contributed by atoms with Crippen molar-refractivity contribution in [3.05, 3.63) is 12.4 Å². The summed E-state index contributed by atoms with van der Waals surface area (Å²) in [6, 6.07) is 0.229. The zero-order valence-corrected chi connectivity index (χ0v) is 9.12. The average Bonchev–Trinajstić information content (AvgIpc) is 2.86. The van der Waals surface area contributed by atoms with Crippen LogP contribution in [0.15, 0.2) is 12.4 Å². The summed E-state index contributed by atoms with van der Waals surface area (Å²) in [4.78, 5) is 1.60. The van der Waals surface area contributed by atoms with E-state index >= 15 is 0 Å². The van der Waals surface area contributed by atoms with Crippen LogP contribution in [0.1, 0.15) is 26.8 Å². The molecule has 80 valence electrons. The lowest BCUT2D eigenvalue weighted by molar-refractivity contribution is 0.455. The van der Waals surface area contributed by atoms with Gasteiger partial charge in [-0.3, -0.25) is 4.68 Å². The minimum atomic E-state index is 0.229. The molecule has 0 atom stereocenters. The monoisotopic (exact) mass is 206 g/mol. The Balaban J connectivity index is 2.28. The van der Waals surface area contributed by atoms with Gasteiger partial charge in [0.2, 0.25) is 5.82 Å². The molecular formula is C9H14N6. The van der Waals surface area contributed by atoms with Crippen molar-refractivity contribution in [2.75, 3.05) is 0 Å². The van der Waals surface area contributed by atoms with Gasteiger partial charge in [0.1, 0.15) is 0 Å². The Bertz CT molecular complexity index is 441. The summed E-state index contributed by atoms with van der Waals surface area (Å²) in [5, 5.41) is 16.4. The van der Waals surface area contributed by atoms with Crippen LogP contribution in [-0.4, -0.2) is 30.0 Å².